The number of nitro groups is 1. The molecule has 2 atom stereocenters. The summed E-state index contributed by atoms with van der Waals surface area (Å²) in [6, 6.07) is 12.4. The molecule has 8 heteroatoms. The van der Waals surface area contributed by atoms with Gasteiger partial charge < -0.3 is 0 Å². The number of hydrogen-bond donors (Lipinski definition) is 0. The van der Waals surface area contributed by atoms with Crippen molar-refractivity contribution in [2.45, 2.75) is 21.4 Å². The van der Waals surface area contributed by atoms with Crippen molar-refractivity contribution in [2.75, 3.05) is 0 Å². The summed E-state index contributed by atoms with van der Waals surface area (Å²) in [6.45, 7) is 0. The van der Waals surface area contributed by atoms with Gasteiger partial charge in [0.15, 0.2) is 6.04 Å². The number of hydrogen-bond acceptors (Lipinski definition) is 4. The molecular formula is C16H10Cl3N3O2. The minimum Gasteiger partial charge on any atom is -0.264 e. The predicted molar refractivity (Wildman–Crippen MR) is 92.4 cm³/mol. The Bertz CT molecular complexity index is 833. The lowest BCUT2D eigenvalue weighted by atomic mass is 9.80. The summed E-state index contributed by atoms with van der Waals surface area (Å²) >= 11 is 17.9. The number of rotatable bonds is 1. The van der Waals surface area contributed by atoms with Crippen molar-refractivity contribution in [1.29, 1.82) is 0 Å². The molecule has 1 aliphatic carbocycles. The summed E-state index contributed by atoms with van der Waals surface area (Å²) in [6.07, 6.45) is 0. The molecule has 0 bridgehead atoms. The van der Waals surface area contributed by atoms with Crippen LogP contribution in [-0.2, 0) is 5.54 Å². The summed E-state index contributed by atoms with van der Waals surface area (Å²) in [5, 5.41) is 20.3. The van der Waals surface area contributed by atoms with Crippen LogP contribution in [0, 0.1) is 10.1 Å². The molecule has 0 aromatic heterocycles. The van der Waals surface area contributed by atoms with E-state index in [-0.39, 0.29) is 0 Å². The molecule has 1 heterocycles. The molecule has 2 aliphatic rings. The third kappa shape index (κ3) is 1.95. The van der Waals surface area contributed by atoms with E-state index in [9.17, 15) is 10.1 Å². The van der Waals surface area contributed by atoms with Gasteiger partial charge in [-0.15, -0.1) is 0 Å². The van der Waals surface area contributed by atoms with E-state index in [0.717, 1.165) is 11.1 Å². The van der Waals surface area contributed by atoms with Crippen LogP contribution < -0.4 is 0 Å². The topological polar surface area (TPSA) is 67.9 Å². The highest BCUT2D eigenvalue weighted by Crippen LogP contribution is 2.57. The van der Waals surface area contributed by atoms with E-state index in [1.807, 2.05) is 48.5 Å². The average molecular weight is 383 g/mol. The van der Waals surface area contributed by atoms with Crippen LogP contribution in [0.15, 0.2) is 58.8 Å². The molecule has 2 aromatic rings. The number of fused-ring (bicyclic) bond motifs is 5. The van der Waals surface area contributed by atoms with Gasteiger partial charge >= 0.3 is 0 Å². The molecule has 0 fully saturated rings. The summed E-state index contributed by atoms with van der Waals surface area (Å²) in [4.78, 5) is 11.5. The highest BCUT2D eigenvalue weighted by Gasteiger charge is 2.66. The number of nitrogens with zero attached hydrogens (tertiary/aromatic N) is 3. The van der Waals surface area contributed by atoms with Crippen molar-refractivity contribution < 1.29 is 4.92 Å². The van der Waals surface area contributed by atoms with Gasteiger partial charge in [-0.2, -0.15) is 10.2 Å². The van der Waals surface area contributed by atoms with Gasteiger partial charge in [-0.1, -0.05) is 83.3 Å². The number of azo groups is 1. The van der Waals surface area contributed by atoms with Gasteiger partial charge in [0.1, 0.15) is 0 Å². The largest absolute Gasteiger partial charge is 0.276 e. The normalized spacial score (nSPS) is 23.3. The second-order valence-electron chi connectivity index (χ2n) is 5.79. The molecule has 0 saturated heterocycles. The van der Waals surface area contributed by atoms with Crippen LogP contribution in [0.3, 0.4) is 0 Å². The van der Waals surface area contributed by atoms with E-state index in [1.165, 1.54) is 0 Å². The summed E-state index contributed by atoms with van der Waals surface area (Å²) in [5.41, 5.74) is 1.94. The van der Waals surface area contributed by atoms with Crippen molar-refractivity contribution in [3.8, 4) is 11.1 Å². The van der Waals surface area contributed by atoms with Crippen molar-refractivity contribution >= 4 is 34.8 Å². The second kappa shape index (κ2) is 5.15. The molecular weight excluding hydrogens is 373 g/mol. The molecule has 0 saturated carbocycles. The maximum atomic E-state index is 11.9. The zero-order chi connectivity index (χ0) is 17.1. The molecule has 5 nitrogen and oxygen atoms in total. The predicted octanol–water partition coefficient (Wildman–Crippen LogP) is 4.76. The Hall–Kier alpha value is -1.69. The Morgan fingerprint density at radius 1 is 1.00 bits per heavy atom. The Morgan fingerprint density at radius 3 is 1.96 bits per heavy atom. The standard InChI is InChI=1S/C16H10Cl3N3O2/c17-16(18,19)13-14(22(23)24)15(21-20-13)11-7-3-1-5-9(11)10-6-2-4-8-12(10)15/h1-8,13-14H. The smallest absolute Gasteiger partial charge is 0.264 e. The lowest BCUT2D eigenvalue weighted by Crippen LogP contribution is -2.49. The molecule has 122 valence electrons. The van der Waals surface area contributed by atoms with Crippen LogP contribution in [0.4, 0.5) is 0 Å². The van der Waals surface area contributed by atoms with E-state index >= 15 is 0 Å². The molecule has 1 spiro atoms. The van der Waals surface area contributed by atoms with Crippen molar-refractivity contribution in [3.05, 3.63) is 69.8 Å². The van der Waals surface area contributed by atoms with E-state index in [1.54, 1.807) is 0 Å². The van der Waals surface area contributed by atoms with Gasteiger partial charge in [0.2, 0.25) is 9.33 Å². The van der Waals surface area contributed by atoms with Gasteiger partial charge in [-0.25, -0.2) is 0 Å². The van der Waals surface area contributed by atoms with E-state index in [4.69, 9.17) is 34.8 Å². The lowest BCUT2D eigenvalue weighted by molar-refractivity contribution is -0.532. The second-order valence-corrected chi connectivity index (χ2v) is 8.16. The van der Waals surface area contributed by atoms with Crippen LogP contribution in [0.1, 0.15) is 11.1 Å². The minimum absolute atomic E-state index is 0.439. The summed E-state index contributed by atoms with van der Waals surface area (Å²) in [5.74, 6) is 0. The number of benzene rings is 2. The summed E-state index contributed by atoms with van der Waals surface area (Å²) < 4.78 is -1.92. The van der Waals surface area contributed by atoms with Gasteiger partial charge in [0.05, 0.1) is 0 Å². The fraction of sp³-hybridized carbons (Fsp3) is 0.250. The molecule has 0 radical (unpaired) electrons. The average Bonchev–Trinajstić information content (AvgIpc) is 3.08. The van der Waals surface area contributed by atoms with Crippen molar-refractivity contribution in [1.82, 2.24) is 0 Å². The Morgan fingerprint density at radius 2 is 1.50 bits per heavy atom. The molecule has 2 unspecified atom stereocenters. The van der Waals surface area contributed by atoms with Gasteiger partial charge in [0.25, 0.3) is 6.04 Å². The number of alkyl halides is 3. The highest BCUT2D eigenvalue weighted by molar-refractivity contribution is 6.68. The maximum absolute atomic E-state index is 11.9. The molecule has 1 aliphatic heterocycles. The maximum Gasteiger partial charge on any atom is 0.276 e. The van der Waals surface area contributed by atoms with Gasteiger partial charge in [-0.3, -0.25) is 10.1 Å². The van der Waals surface area contributed by atoms with Gasteiger partial charge in [-0.05, 0) is 11.1 Å². The molecule has 0 N–H and O–H groups in total. The SMILES string of the molecule is O=[N+]([O-])C1C(C(Cl)(Cl)Cl)N=NC12c1ccccc1-c1ccccc12. The Kier molecular flexibility index (Phi) is 3.39. The van der Waals surface area contributed by atoms with E-state index in [2.05, 4.69) is 10.2 Å². The van der Waals surface area contributed by atoms with E-state index < -0.39 is 26.3 Å². The number of halogens is 3. The van der Waals surface area contributed by atoms with Crippen molar-refractivity contribution in [2.24, 2.45) is 10.2 Å². The quantitative estimate of drug-likeness (QED) is 0.405. The van der Waals surface area contributed by atoms with Gasteiger partial charge in [0, 0.05) is 16.1 Å². The first kappa shape index (κ1) is 15.8. The Labute approximate surface area is 152 Å². The monoisotopic (exact) mass is 381 g/mol. The fourth-order valence-electron chi connectivity index (χ4n) is 3.69. The fourth-order valence-corrected chi connectivity index (χ4v) is 4.18. The molecule has 4 rings (SSSR count). The first-order chi connectivity index (χ1) is 11.4. The molecule has 2 aromatic carbocycles. The van der Waals surface area contributed by atoms with Crippen LogP contribution in [0.25, 0.3) is 11.1 Å². The molecule has 24 heavy (non-hydrogen) atoms. The minimum atomic E-state index is -1.92. The zero-order valence-electron chi connectivity index (χ0n) is 12.1. The third-order valence-corrected chi connectivity index (χ3v) is 5.27. The van der Waals surface area contributed by atoms with Crippen molar-refractivity contribution in [3.63, 3.8) is 0 Å². The first-order valence-corrected chi connectivity index (χ1v) is 8.32. The lowest BCUT2D eigenvalue weighted by Gasteiger charge is -2.27. The summed E-state index contributed by atoms with van der Waals surface area (Å²) in [7, 11) is 0. The van der Waals surface area contributed by atoms with Crippen LogP contribution in [-0.4, -0.2) is 20.8 Å². The Balaban J connectivity index is 2.04. The van der Waals surface area contributed by atoms with Crippen LogP contribution >= 0.6 is 34.8 Å². The van der Waals surface area contributed by atoms with Crippen LogP contribution in [0.2, 0.25) is 0 Å². The van der Waals surface area contributed by atoms with Crippen LogP contribution in [0.5, 0.6) is 0 Å². The zero-order valence-corrected chi connectivity index (χ0v) is 14.3. The van der Waals surface area contributed by atoms with E-state index in [0.29, 0.717) is 11.1 Å². The molecule has 0 amide bonds. The highest BCUT2D eigenvalue weighted by atomic mass is 35.6. The third-order valence-electron chi connectivity index (χ3n) is 4.60. The first-order valence-electron chi connectivity index (χ1n) is 7.19.